The van der Waals surface area contributed by atoms with Crippen molar-refractivity contribution in [1.82, 2.24) is 10.2 Å². The smallest absolute Gasteiger partial charge is 0.251 e. The van der Waals surface area contributed by atoms with Crippen molar-refractivity contribution in [3.8, 4) is 0 Å². The molecule has 30 heavy (non-hydrogen) atoms. The third-order valence-corrected chi connectivity index (χ3v) is 6.13. The Labute approximate surface area is 179 Å². The molecule has 0 unspecified atom stereocenters. The van der Waals surface area contributed by atoms with Crippen LogP contribution in [0.3, 0.4) is 0 Å². The fourth-order valence-electron chi connectivity index (χ4n) is 3.55. The van der Waals surface area contributed by atoms with E-state index in [9.17, 15) is 22.8 Å². The maximum Gasteiger partial charge on any atom is 0.251 e. The van der Waals surface area contributed by atoms with E-state index in [0.717, 1.165) is 11.8 Å². The van der Waals surface area contributed by atoms with E-state index in [4.69, 9.17) is 0 Å². The van der Waals surface area contributed by atoms with Gasteiger partial charge in [0.05, 0.1) is 0 Å². The Kier molecular flexibility index (Phi) is 7.45. The summed E-state index contributed by atoms with van der Waals surface area (Å²) in [7, 11) is -3.40. The van der Waals surface area contributed by atoms with E-state index in [-0.39, 0.29) is 29.6 Å². The summed E-state index contributed by atoms with van der Waals surface area (Å²) in [5.41, 5.74) is 1.57. The van der Waals surface area contributed by atoms with Crippen molar-refractivity contribution < 1.29 is 22.8 Å². The Morgan fingerprint density at radius 1 is 1.17 bits per heavy atom. The van der Waals surface area contributed by atoms with Crippen molar-refractivity contribution in [3.05, 3.63) is 35.4 Å². The number of carbonyl (C=O) groups excluding carboxylic acids is 3. The van der Waals surface area contributed by atoms with Gasteiger partial charge in [0.2, 0.25) is 5.91 Å². The minimum atomic E-state index is -3.40. The molecule has 0 spiro atoms. The van der Waals surface area contributed by atoms with Gasteiger partial charge in [0.1, 0.15) is 11.8 Å². The lowest BCUT2D eigenvalue weighted by atomic mass is 9.86. The quantitative estimate of drug-likeness (QED) is 0.735. The van der Waals surface area contributed by atoms with Crippen LogP contribution in [0, 0.1) is 5.92 Å². The third kappa shape index (κ3) is 6.65. The SMILES string of the molecule is C[C@@H](NC(=O)c1ccc(C(C)(C)C)cc1)C(=O)N1CCC[C@H](C(=O)CS(C)(=O)=O)C1. The summed E-state index contributed by atoms with van der Waals surface area (Å²) in [6.45, 7) is 8.57. The van der Waals surface area contributed by atoms with Crippen LogP contribution < -0.4 is 5.32 Å². The van der Waals surface area contributed by atoms with E-state index < -0.39 is 27.5 Å². The lowest BCUT2D eigenvalue weighted by molar-refractivity contribution is -0.136. The number of benzene rings is 1. The average Bonchev–Trinajstić information content (AvgIpc) is 2.65. The van der Waals surface area contributed by atoms with Crippen LogP contribution in [0.2, 0.25) is 0 Å². The van der Waals surface area contributed by atoms with E-state index in [1.807, 2.05) is 12.1 Å². The highest BCUT2D eigenvalue weighted by molar-refractivity contribution is 7.91. The molecule has 1 saturated heterocycles. The van der Waals surface area contributed by atoms with Gasteiger partial charge in [-0.2, -0.15) is 0 Å². The number of ketones is 1. The van der Waals surface area contributed by atoms with Crippen molar-refractivity contribution in [2.75, 3.05) is 25.1 Å². The molecule has 0 bridgehead atoms. The molecule has 1 fully saturated rings. The first-order valence-electron chi connectivity index (χ1n) is 10.2. The molecule has 0 saturated carbocycles. The van der Waals surface area contributed by atoms with Crippen LogP contribution in [-0.4, -0.2) is 62.1 Å². The van der Waals surface area contributed by atoms with E-state index in [2.05, 4.69) is 26.1 Å². The Morgan fingerprint density at radius 2 is 1.77 bits per heavy atom. The maximum absolute atomic E-state index is 12.8. The Balaban J connectivity index is 1.97. The predicted octanol–water partition coefficient (Wildman–Crippen LogP) is 1.95. The number of amides is 2. The second-order valence-corrected chi connectivity index (χ2v) is 11.3. The summed E-state index contributed by atoms with van der Waals surface area (Å²) in [4.78, 5) is 39.1. The summed E-state index contributed by atoms with van der Waals surface area (Å²) in [6, 6.07) is 6.55. The third-order valence-electron chi connectivity index (χ3n) is 5.32. The van der Waals surface area contributed by atoms with Crippen molar-refractivity contribution in [1.29, 1.82) is 0 Å². The van der Waals surface area contributed by atoms with Crippen LogP contribution in [0.5, 0.6) is 0 Å². The van der Waals surface area contributed by atoms with E-state index in [0.29, 0.717) is 24.9 Å². The number of nitrogens with zero attached hydrogens (tertiary/aromatic N) is 1. The molecule has 7 nitrogen and oxygen atoms in total. The van der Waals surface area contributed by atoms with Gasteiger partial charge in [-0.3, -0.25) is 14.4 Å². The molecule has 1 N–H and O–H groups in total. The van der Waals surface area contributed by atoms with Gasteiger partial charge in [-0.15, -0.1) is 0 Å². The predicted molar refractivity (Wildman–Crippen MR) is 116 cm³/mol. The van der Waals surface area contributed by atoms with Gasteiger partial charge in [-0.25, -0.2) is 8.42 Å². The highest BCUT2D eigenvalue weighted by atomic mass is 32.2. The number of rotatable bonds is 6. The summed E-state index contributed by atoms with van der Waals surface area (Å²) in [5, 5.41) is 2.72. The molecule has 2 atom stereocenters. The Morgan fingerprint density at radius 3 is 2.30 bits per heavy atom. The number of hydrogen-bond donors (Lipinski definition) is 1. The van der Waals surface area contributed by atoms with Crippen LogP contribution >= 0.6 is 0 Å². The standard InChI is InChI=1S/C22H32N2O5S/c1-15(23-20(26)16-8-10-18(11-9-16)22(2,3)4)21(27)24-12-6-7-17(13-24)19(25)14-30(5,28)29/h8-11,15,17H,6-7,12-14H2,1-5H3,(H,23,26)/t15-,17+/m1/s1. The molecule has 1 aromatic carbocycles. The Hall–Kier alpha value is -2.22. The van der Waals surface area contributed by atoms with Gasteiger partial charge in [-0.05, 0) is 42.9 Å². The minimum Gasteiger partial charge on any atom is -0.341 e. The lowest BCUT2D eigenvalue weighted by Gasteiger charge is -2.33. The monoisotopic (exact) mass is 436 g/mol. The number of nitrogens with one attached hydrogen (secondary N) is 1. The number of likely N-dealkylation sites (tertiary alicyclic amines) is 1. The molecule has 166 valence electrons. The van der Waals surface area contributed by atoms with E-state index in [1.54, 1.807) is 24.0 Å². The van der Waals surface area contributed by atoms with Gasteiger partial charge >= 0.3 is 0 Å². The number of hydrogen-bond acceptors (Lipinski definition) is 5. The molecule has 1 aliphatic heterocycles. The molecule has 8 heteroatoms. The molecule has 2 amide bonds. The van der Waals surface area contributed by atoms with Crippen LogP contribution in [0.1, 0.15) is 56.5 Å². The van der Waals surface area contributed by atoms with Crippen molar-refractivity contribution in [2.45, 2.75) is 52.0 Å². The van der Waals surface area contributed by atoms with Crippen molar-refractivity contribution >= 4 is 27.4 Å². The van der Waals surface area contributed by atoms with Gasteiger partial charge in [-0.1, -0.05) is 32.9 Å². The van der Waals surface area contributed by atoms with Crippen LogP contribution in [0.4, 0.5) is 0 Å². The van der Waals surface area contributed by atoms with Crippen LogP contribution in [0.25, 0.3) is 0 Å². The van der Waals surface area contributed by atoms with Gasteiger partial charge in [0.25, 0.3) is 5.91 Å². The molecule has 2 rings (SSSR count). The number of sulfone groups is 1. The molecule has 1 aliphatic rings. The zero-order valence-corrected chi connectivity index (χ0v) is 19.2. The fourth-order valence-corrected chi connectivity index (χ4v) is 4.31. The molecule has 0 aromatic heterocycles. The minimum absolute atomic E-state index is 0.0163. The number of carbonyl (C=O) groups is 3. The first-order chi connectivity index (χ1) is 13.8. The highest BCUT2D eigenvalue weighted by Gasteiger charge is 2.32. The van der Waals surface area contributed by atoms with Gasteiger partial charge < -0.3 is 10.2 Å². The molecular formula is C22H32N2O5S. The zero-order valence-electron chi connectivity index (χ0n) is 18.4. The average molecular weight is 437 g/mol. The van der Waals surface area contributed by atoms with Gasteiger partial charge in [0.15, 0.2) is 15.6 Å². The van der Waals surface area contributed by atoms with Gasteiger partial charge in [0, 0.05) is 30.8 Å². The van der Waals surface area contributed by atoms with Crippen molar-refractivity contribution in [2.24, 2.45) is 5.92 Å². The topological polar surface area (TPSA) is 101 Å². The molecule has 0 aliphatic carbocycles. The number of piperidine rings is 1. The van der Waals surface area contributed by atoms with Crippen LogP contribution in [0.15, 0.2) is 24.3 Å². The largest absolute Gasteiger partial charge is 0.341 e. The first-order valence-corrected chi connectivity index (χ1v) is 12.2. The molecule has 0 radical (unpaired) electrons. The van der Waals surface area contributed by atoms with E-state index >= 15 is 0 Å². The summed E-state index contributed by atoms with van der Waals surface area (Å²) < 4.78 is 22.8. The first kappa shape index (κ1) is 24.1. The summed E-state index contributed by atoms with van der Waals surface area (Å²) in [6.07, 6.45) is 2.22. The molecular weight excluding hydrogens is 404 g/mol. The maximum atomic E-state index is 12.8. The Bertz CT molecular complexity index is 900. The second kappa shape index (κ2) is 9.29. The normalized spacial score (nSPS) is 18.6. The number of Topliss-reactive ketones (excluding diaryl/α,β-unsaturated/α-hetero) is 1. The van der Waals surface area contributed by atoms with Crippen LogP contribution in [-0.2, 0) is 24.8 Å². The summed E-state index contributed by atoms with van der Waals surface area (Å²) in [5.74, 6) is -1.95. The lowest BCUT2D eigenvalue weighted by Crippen LogP contribution is -2.51. The molecule has 1 aromatic rings. The van der Waals surface area contributed by atoms with E-state index in [1.165, 1.54) is 0 Å². The molecule has 1 heterocycles. The highest BCUT2D eigenvalue weighted by Crippen LogP contribution is 2.22. The fraction of sp³-hybridized carbons (Fsp3) is 0.591. The second-order valence-electron chi connectivity index (χ2n) is 9.18. The zero-order chi connectivity index (χ0) is 22.7. The summed E-state index contributed by atoms with van der Waals surface area (Å²) >= 11 is 0. The van der Waals surface area contributed by atoms with Crippen molar-refractivity contribution in [3.63, 3.8) is 0 Å².